The minimum Gasteiger partial charge on any atom is -0.394 e. The molecule has 0 aliphatic carbocycles. The molecule has 1 aliphatic heterocycles. The molecule has 1 heterocycles. The molecular formula is C15H22FNO2S. The molecule has 20 heavy (non-hydrogen) atoms. The van der Waals surface area contributed by atoms with Gasteiger partial charge in [0.1, 0.15) is 5.82 Å². The Labute approximate surface area is 124 Å². The molecule has 0 radical (unpaired) electrons. The number of hydrogen-bond donors (Lipinski definition) is 1. The van der Waals surface area contributed by atoms with Crippen molar-refractivity contribution >= 4 is 11.8 Å². The molecule has 0 bridgehead atoms. The van der Waals surface area contributed by atoms with E-state index in [-0.39, 0.29) is 24.1 Å². The molecule has 1 atom stereocenters. The number of aliphatic hydroxyl groups excluding tert-OH is 1. The highest BCUT2D eigenvalue weighted by atomic mass is 32.2. The van der Waals surface area contributed by atoms with Gasteiger partial charge in [-0.25, -0.2) is 4.39 Å². The van der Waals surface area contributed by atoms with Gasteiger partial charge in [-0.2, -0.15) is 0 Å². The smallest absolute Gasteiger partial charge is 0.136 e. The molecule has 1 N–H and O–H groups in total. The summed E-state index contributed by atoms with van der Waals surface area (Å²) in [7, 11) is 0. The Kier molecular flexibility index (Phi) is 5.43. The van der Waals surface area contributed by atoms with Gasteiger partial charge in [-0.3, -0.25) is 4.90 Å². The number of halogens is 1. The monoisotopic (exact) mass is 299 g/mol. The molecule has 0 spiro atoms. The van der Waals surface area contributed by atoms with Crippen LogP contribution in [0.15, 0.2) is 29.2 Å². The SMILES string of the molecule is CC1(C)CN(CCSc2ccccc2F)CC(CO)O1. The zero-order chi connectivity index (χ0) is 14.6. The highest BCUT2D eigenvalue weighted by Crippen LogP contribution is 2.24. The van der Waals surface area contributed by atoms with Crippen LogP contribution >= 0.6 is 11.8 Å². The Hall–Kier alpha value is -0.620. The van der Waals surface area contributed by atoms with Crippen LogP contribution in [0.4, 0.5) is 4.39 Å². The minimum absolute atomic E-state index is 0.0420. The second-order valence-electron chi connectivity index (χ2n) is 5.70. The maximum atomic E-state index is 13.5. The van der Waals surface area contributed by atoms with Gasteiger partial charge in [0.25, 0.3) is 0 Å². The number of benzene rings is 1. The van der Waals surface area contributed by atoms with Gasteiger partial charge in [0, 0.05) is 30.3 Å². The van der Waals surface area contributed by atoms with Crippen molar-refractivity contribution < 1.29 is 14.2 Å². The van der Waals surface area contributed by atoms with Crippen LogP contribution in [0, 0.1) is 5.82 Å². The summed E-state index contributed by atoms with van der Waals surface area (Å²) in [6.07, 6.45) is -0.128. The zero-order valence-electron chi connectivity index (χ0n) is 12.0. The van der Waals surface area contributed by atoms with Gasteiger partial charge < -0.3 is 9.84 Å². The fraction of sp³-hybridized carbons (Fsp3) is 0.600. The Morgan fingerprint density at radius 2 is 2.20 bits per heavy atom. The number of rotatable bonds is 5. The number of nitrogens with zero attached hydrogens (tertiary/aromatic N) is 1. The van der Waals surface area contributed by atoms with E-state index in [1.165, 1.54) is 17.8 Å². The summed E-state index contributed by atoms with van der Waals surface area (Å²) < 4.78 is 19.3. The van der Waals surface area contributed by atoms with E-state index < -0.39 is 0 Å². The van der Waals surface area contributed by atoms with Crippen LogP contribution in [-0.2, 0) is 4.74 Å². The first-order valence-corrected chi connectivity index (χ1v) is 7.87. The molecule has 1 aromatic carbocycles. The number of thioether (sulfide) groups is 1. The van der Waals surface area contributed by atoms with E-state index in [2.05, 4.69) is 4.90 Å². The summed E-state index contributed by atoms with van der Waals surface area (Å²) >= 11 is 1.53. The van der Waals surface area contributed by atoms with Gasteiger partial charge in [-0.05, 0) is 26.0 Å². The van der Waals surface area contributed by atoms with Crippen LogP contribution in [0.25, 0.3) is 0 Å². The third kappa shape index (κ3) is 4.45. The maximum Gasteiger partial charge on any atom is 0.136 e. The van der Waals surface area contributed by atoms with Crippen molar-refractivity contribution in [2.24, 2.45) is 0 Å². The van der Waals surface area contributed by atoms with Crippen LogP contribution in [0.3, 0.4) is 0 Å². The molecule has 2 rings (SSSR count). The number of hydrogen-bond acceptors (Lipinski definition) is 4. The van der Waals surface area contributed by atoms with Gasteiger partial charge in [0.2, 0.25) is 0 Å². The van der Waals surface area contributed by atoms with Crippen LogP contribution < -0.4 is 0 Å². The highest BCUT2D eigenvalue weighted by Gasteiger charge is 2.32. The lowest BCUT2D eigenvalue weighted by Gasteiger charge is -2.42. The van der Waals surface area contributed by atoms with E-state index in [4.69, 9.17) is 4.74 Å². The Morgan fingerprint density at radius 3 is 2.90 bits per heavy atom. The standard InChI is InChI=1S/C15H22FNO2S/c1-15(2)11-17(9-12(10-18)19-15)7-8-20-14-6-4-3-5-13(14)16/h3-6,12,18H,7-11H2,1-2H3. The molecule has 1 saturated heterocycles. The van der Waals surface area contributed by atoms with Gasteiger partial charge in [0.15, 0.2) is 0 Å². The third-order valence-corrected chi connectivity index (χ3v) is 4.29. The topological polar surface area (TPSA) is 32.7 Å². The largest absolute Gasteiger partial charge is 0.394 e. The highest BCUT2D eigenvalue weighted by molar-refractivity contribution is 7.99. The number of morpholine rings is 1. The molecule has 1 aliphatic rings. The first-order valence-electron chi connectivity index (χ1n) is 6.88. The fourth-order valence-corrected chi connectivity index (χ4v) is 3.48. The second kappa shape index (κ2) is 6.89. The van der Waals surface area contributed by atoms with Gasteiger partial charge in [-0.1, -0.05) is 12.1 Å². The molecular weight excluding hydrogens is 277 g/mol. The van der Waals surface area contributed by atoms with Gasteiger partial charge in [-0.15, -0.1) is 11.8 Å². The van der Waals surface area contributed by atoms with Crippen molar-refractivity contribution in [3.8, 4) is 0 Å². The fourth-order valence-electron chi connectivity index (χ4n) is 2.53. The Bertz CT molecular complexity index is 442. The molecule has 1 fully saturated rings. The molecule has 3 nitrogen and oxygen atoms in total. The summed E-state index contributed by atoms with van der Waals surface area (Å²) in [5.41, 5.74) is -0.242. The van der Waals surface area contributed by atoms with Crippen molar-refractivity contribution in [1.29, 1.82) is 0 Å². The first kappa shape index (κ1) is 15.8. The maximum absolute atomic E-state index is 13.5. The Balaban J connectivity index is 1.83. The van der Waals surface area contributed by atoms with Crippen LogP contribution in [-0.4, -0.2) is 53.7 Å². The molecule has 0 amide bonds. The van der Waals surface area contributed by atoms with Crippen molar-refractivity contribution in [2.75, 3.05) is 32.0 Å². The third-order valence-electron chi connectivity index (χ3n) is 3.26. The molecule has 112 valence electrons. The summed E-state index contributed by atoms with van der Waals surface area (Å²) in [5.74, 6) is 0.669. The van der Waals surface area contributed by atoms with Crippen molar-refractivity contribution in [3.05, 3.63) is 30.1 Å². The average molecular weight is 299 g/mol. The lowest BCUT2D eigenvalue weighted by atomic mass is 10.1. The van der Waals surface area contributed by atoms with Crippen LogP contribution in [0.5, 0.6) is 0 Å². The predicted molar refractivity (Wildman–Crippen MR) is 79.6 cm³/mol. The summed E-state index contributed by atoms with van der Waals surface area (Å²) in [6.45, 7) is 6.54. The molecule has 1 unspecified atom stereocenters. The molecule has 5 heteroatoms. The van der Waals surface area contributed by atoms with E-state index in [1.807, 2.05) is 19.9 Å². The van der Waals surface area contributed by atoms with E-state index in [0.29, 0.717) is 4.90 Å². The van der Waals surface area contributed by atoms with Gasteiger partial charge >= 0.3 is 0 Å². The second-order valence-corrected chi connectivity index (χ2v) is 6.83. The van der Waals surface area contributed by atoms with E-state index in [0.717, 1.165) is 25.4 Å². The summed E-state index contributed by atoms with van der Waals surface area (Å²) in [4.78, 5) is 2.97. The van der Waals surface area contributed by atoms with Crippen LogP contribution in [0.2, 0.25) is 0 Å². The predicted octanol–water partition coefficient (Wildman–Crippen LogP) is 2.39. The summed E-state index contributed by atoms with van der Waals surface area (Å²) in [5, 5.41) is 9.27. The van der Waals surface area contributed by atoms with E-state index in [1.54, 1.807) is 12.1 Å². The summed E-state index contributed by atoms with van der Waals surface area (Å²) in [6, 6.07) is 6.85. The lowest BCUT2D eigenvalue weighted by molar-refractivity contribution is -0.147. The van der Waals surface area contributed by atoms with Crippen LogP contribution in [0.1, 0.15) is 13.8 Å². The number of aliphatic hydroxyl groups is 1. The van der Waals surface area contributed by atoms with Gasteiger partial charge in [0.05, 0.1) is 18.3 Å². The first-order chi connectivity index (χ1) is 9.50. The van der Waals surface area contributed by atoms with Crippen molar-refractivity contribution in [3.63, 3.8) is 0 Å². The Morgan fingerprint density at radius 1 is 1.45 bits per heavy atom. The van der Waals surface area contributed by atoms with E-state index >= 15 is 0 Å². The molecule has 0 aromatic heterocycles. The quantitative estimate of drug-likeness (QED) is 0.846. The minimum atomic E-state index is -0.242. The zero-order valence-corrected chi connectivity index (χ0v) is 12.8. The van der Waals surface area contributed by atoms with E-state index in [9.17, 15) is 9.50 Å². The number of ether oxygens (including phenoxy) is 1. The van der Waals surface area contributed by atoms with Crippen molar-refractivity contribution in [2.45, 2.75) is 30.4 Å². The lowest BCUT2D eigenvalue weighted by Crippen LogP contribution is -2.54. The average Bonchev–Trinajstić information content (AvgIpc) is 2.39. The molecule has 0 saturated carbocycles. The molecule has 1 aromatic rings. The van der Waals surface area contributed by atoms with Crippen molar-refractivity contribution in [1.82, 2.24) is 4.90 Å². The normalized spacial score (nSPS) is 22.9.